The van der Waals surface area contributed by atoms with Gasteiger partial charge in [0.25, 0.3) is 5.91 Å². The van der Waals surface area contributed by atoms with Crippen LogP contribution in [0.25, 0.3) is 10.2 Å². The Balaban J connectivity index is 0.00000300. The van der Waals surface area contributed by atoms with E-state index in [1.165, 1.54) is 11.3 Å². The van der Waals surface area contributed by atoms with E-state index in [4.69, 9.17) is 9.72 Å². The van der Waals surface area contributed by atoms with Gasteiger partial charge < -0.3 is 9.64 Å². The second kappa shape index (κ2) is 10.6. The van der Waals surface area contributed by atoms with Crippen LogP contribution in [0.15, 0.2) is 30.5 Å². The van der Waals surface area contributed by atoms with Crippen molar-refractivity contribution in [3.63, 3.8) is 0 Å². The van der Waals surface area contributed by atoms with Crippen LogP contribution in [0.2, 0.25) is 0 Å². The topological polar surface area (TPSA) is 63.5 Å². The first-order valence-corrected chi connectivity index (χ1v) is 10.4. The molecule has 0 atom stereocenters. The summed E-state index contributed by atoms with van der Waals surface area (Å²) in [5.41, 5.74) is 1.30. The zero-order valence-corrected chi connectivity index (χ0v) is 18.9. The van der Waals surface area contributed by atoms with Crippen LogP contribution in [0, 0.1) is 0 Å². The molecule has 3 aromatic rings. The Morgan fingerprint density at radius 3 is 2.55 bits per heavy atom. The molecule has 0 saturated carbocycles. The minimum absolute atomic E-state index is 0. The lowest BCUT2D eigenvalue weighted by Gasteiger charge is -2.24. The lowest BCUT2D eigenvalue weighted by molar-refractivity contribution is 0.0978. The first kappa shape index (κ1) is 23.1. The standard InChI is InChI=1S/C20H27N5O2S.ClH/c1-5-23(6-2)12-13-25(19(26)17-10-11-24(7-3)22-17)20-21-16-9-8-15(27-4)14-18(16)28-20;/h8-11,14H,5-7,12-13H2,1-4H3;1H. The Morgan fingerprint density at radius 1 is 1.17 bits per heavy atom. The molecular weight excluding hydrogens is 410 g/mol. The number of ether oxygens (including phenoxy) is 1. The predicted octanol–water partition coefficient (Wildman–Crippen LogP) is 3.93. The van der Waals surface area contributed by atoms with Gasteiger partial charge in [0.2, 0.25) is 0 Å². The summed E-state index contributed by atoms with van der Waals surface area (Å²) >= 11 is 1.50. The van der Waals surface area contributed by atoms with Gasteiger partial charge in [-0.15, -0.1) is 12.4 Å². The number of carbonyl (C=O) groups is 1. The Hall–Kier alpha value is -2.16. The molecule has 3 rings (SSSR count). The molecule has 0 radical (unpaired) electrons. The smallest absolute Gasteiger partial charge is 0.280 e. The molecule has 0 aliphatic carbocycles. The zero-order chi connectivity index (χ0) is 20.1. The van der Waals surface area contributed by atoms with E-state index in [0.29, 0.717) is 17.4 Å². The highest BCUT2D eigenvalue weighted by molar-refractivity contribution is 7.22. The van der Waals surface area contributed by atoms with E-state index >= 15 is 0 Å². The minimum Gasteiger partial charge on any atom is -0.497 e. The van der Waals surface area contributed by atoms with Gasteiger partial charge in [-0.25, -0.2) is 4.98 Å². The van der Waals surface area contributed by atoms with Gasteiger partial charge in [-0.3, -0.25) is 14.4 Å². The van der Waals surface area contributed by atoms with E-state index in [1.54, 1.807) is 22.8 Å². The molecule has 0 spiro atoms. The van der Waals surface area contributed by atoms with Crippen LogP contribution in [0.4, 0.5) is 5.13 Å². The minimum atomic E-state index is -0.120. The van der Waals surface area contributed by atoms with Crippen molar-refractivity contribution in [3.8, 4) is 5.75 Å². The summed E-state index contributed by atoms with van der Waals surface area (Å²) in [7, 11) is 1.65. The van der Waals surface area contributed by atoms with E-state index in [9.17, 15) is 4.79 Å². The summed E-state index contributed by atoms with van der Waals surface area (Å²) in [6.07, 6.45) is 1.83. The summed E-state index contributed by atoms with van der Waals surface area (Å²) in [6, 6.07) is 7.53. The van der Waals surface area contributed by atoms with Gasteiger partial charge >= 0.3 is 0 Å². The highest BCUT2D eigenvalue weighted by Gasteiger charge is 2.23. The molecule has 0 bridgehead atoms. The first-order chi connectivity index (χ1) is 13.6. The largest absolute Gasteiger partial charge is 0.497 e. The Labute approximate surface area is 181 Å². The molecule has 29 heavy (non-hydrogen) atoms. The van der Waals surface area contributed by atoms with Gasteiger partial charge in [-0.2, -0.15) is 5.10 Å². The van der Waals surface area contributed by atoms with Gasteiger partial charge in [0.15, 0.2) is 10.8 Å². The fraction of sp³-hybridized carbons (Fsp3) is 0.450. The molecule has 7 nitrogen and oxygen atoms in total. The molecule has 2 aromatic heterocycles. The third-order valence-corrected chi connectivity index (χ3v) is 5.82. The van der Waals surface area contributed by atoms with E-state index < -0.39 is 0 Å². The number of amides is 1. The van der Waals surface area contributed by atoms with Crippen molar-refractivity contribution in [3.05, 3.63) is 36.2 Å². The van der Waals surface area contributed by atoms with E-state index in [1.807, 2.05) is 31.3 Å². The van der Waals surface area contributed by atoms with Crippen LogP contribution < -0.4 is 9.64 Å². The average Bonchev–Trinajstić information content (AvgIpc) is 3.37. The molecule has 0 aliphatic heterocycles. The van der Waals surface area contributed by atoms with Crippen molar-refractivity contribution in [1.82, 2.24) is 19.7 Å². The summed E-state index contributed by atoms with van der Waals surface area (Å²) < 4.78 is 8.07. The second-order valence-electron chi connectivity index (χ2n) is 6.37. The number of aryl methyl sites for hydroxylation is 1. The van der Waals surface area contributed by atoms with Crippen molar-refractivity contribution in [2.75, 3.05) is 38.2 Å². The number of aromatic nitrogens is 3. The molecule has 0 unspecified atom stereocenters. The van der Waals surface area contributed by atoms with Gasteiger partial charge in [0.05, 0.1) is 17.3 Å². The number of halogens is 1. The third-order valence-electron chi connectivity index (χ3n) is 4.78. The number of thiazole rings is 1. The van der Waals surface area contributed by atoms with E-state index in [-0.39, 0.29) is 18.3 Å². The highest BCUT2D eigenvalue weighted by atomic mass is 35.5. The zero-order valence-electron chi connectivity index (χ0n) is 17.3. The molecule has 0 saturated heterocycles. The number of anilines is 1. The third kappa shape index (κ3) is 5.26. The number of carbonyl (C=O) groups excluding carboxylic acids is 1. The molecule has 0 aliphatic rings. The lowest BCUT2D eigenvalue weighted by atomic mass is 10.3. The number of benzene rings is 1. The van der Waals surface area contributed by atoms with Crippen LogP contribution in [0.5, 0.6) is 5.75 Å². The van der Waals surface area contributed by atoms with Gasteiger partial charge in [-0.05, 0) is 44.3 Å². The van der Waals surface area contributed by atoms with E-state index in [2.05, 4.69) is 23.8 Å². The first-order valence-electron chi connectivity index (χ1n) is 9.61. The summed E-state index contributed by atoms with van der Waals surface area (Å²) in [5.74, 6) is 0.663. The molecule has 0 N–H and O–H groups in total. The van der Waals surface area contributed by atoms with Gasteiger partial charge in [0, 0.05) is 25.8 Å². The number of fused-ring (bicyclic) bond motifs is 1. The molecule has 158 valence electrons. The van der Waals surface area contributed by atoms with Gasteiger partial charge in [-0.1, -0.05) is 25.2 Å². The number of likely N-dealkylation sites (N-methyl/N-ethyl adjacent to an activating group) is 1. The maximum Gasteiger partial charge on any atom is 0.280 e. The van der Waals surface area contributed by atoms with E-state index in [0.717, 1.165) is 42.1 Å². The van der Waals surface area contributed by atoms with Crippen molar-refractivity contribution in [2.45, 2.75) is 27.3 Å². The number of methoxy groups -OCH3 is 1. The fourth-order valence-corrected chi connectivity index (χ4v) is 4.01. The van der Waals surface area contributed by atoms with Crippen molar-refractivity contribution >= 4 is 45.0 Å². The Kier molecular flexibility index (Phi) is 8.43. The molecule has 9 heteroatoms. The molecule has 0 fully saturated rings. The highest BCUT2D eigenvalue weighted by Crippen LogP contribution is 2.32. The number of nitrogens with zero attached hydrogens (tertiary/aromatic N) is 5. The van der Waals surface area contributed by atoms with Crippen LogP contribution in [-0.4, -0.2) is 58.9 Å². The van der Waals surface area contributed by atoms with Gasteiger partial charge in [0.1, 0.15) is 5.75 Å². The van der Waals surface area contributed by atoms with Crippen LogP contribution >= 0.6 is 23.7 Å². The number of hydrogen-bond donors (Lipinski definition) is 0. The number of hydrogen-bond acceptors (Lipinski definition) is 6. The average molecular weight is 438 g/mol. The van der Waals surface area contributed by atoms with Crippen molar-refractivity contribution < 1.29 is 9.53 Å². The Bertz CT molecular complexity index is 938. The quantitative estimate of drug-likeness (QED) is 0.507. The summed E-state index contributed by atoms with van der Waals surface area (Å²) in [4.78, 5) is 22.0. The molecular formula is C20H28ClN5O2S. The molecule has 1 amide bonds. The van der Waals surface area contributed by atoms with Crippen LogP contribution in [-0.2, 0) is 6.54 Å². The summed E-state index contributed by atoms with van der Waals surface area (Å²) in [6.45, 7) is 10.2. The van der Waals surface area contributed by atoms with Crippen molar-refractivity contribution in [1.29, 1.82) is 0 Å². The fourth-order valence-electron chi connectivity index (χ4n) is 2.99. The maximum atomic E-state index is 13.2. The van der Waals surface area contributed by atoms with Crippen molar-refractivity contribution in [2.24, 2.45) is 0 Å². The maximum absolute atomic E-state index is 13.2. The summed E-state index contributed by atoms with van der Waals surface area (Å²) in [5, 5.41) is 5.08. The van der Waals surface area contributed by atoms with Crippen LogP contribution in [0.3, 0.4) is 0 Å². The lowest BCUT2D eigenvalue weighted by Crippen LogP contribution is -2.39. The second-order valence-corrected chi connectivity index (χ2v) is 7.38. The molecule has 2 heterocycles. The monoisotopic (exact) mass is 437 g/mol. The predicted molar refractivity (Wildman–Crippen MR) is 121 cm³/mol. The SMILES string of the molecule is CCN(CC)CCN(C(=O)c1ccn(CC)n1)c1nc2ccc(OC)cc2s1.Cl. The van der Waals surface area contributed by atoms with Crippen LogP contribution in [0.1, 0.15) is 31.3 Å². The molecule has 1 aromatic carbocycles. The normalized spacial score (nSPS) is 10.9. The Morgan fingerprint density at radius 2 is 1.93 bits per heavy atom. The number of rotatable bonds is 9.